The van der Waals surface area contributed by atoms with Crippen LogP contribution in [0.4, 0.5) is 0 Å². The summed E-state index contributed by atoms with van der Waals surface area (Å²) in [7, 11) is 0. The molecule has 0 radical (unpaired) electrons. The molecular formula is C27H38IN5O. The first-order valence-corrected chi connectivity index (χ1v) is 12.3. The minimum atomic E-state index is 0. The zero-order valence-electron chi connectivity index (χ0n) is 20.5. The predicted molar refractivity (Wildman–Crippen MR) is 149 cm³/mol. The minimum Gasteiger partial charge on any atom is -0.357 e. The Bertz CT molecular complexity index is 971. The van der Waals surface area contributed by atoms with E-state index >= 15 is 0 Å². The third-order valence-corrected chi connectivity index (χ3v) is 6.44. The van der Waals surface area contributed by atoms with Crippen molar-refractivity contribution >= 4 is 35.8 Å². The van der Waals surface area contributed by atoms with Crippen molar-refractivity contribution in [3.8, 4) is 0 Å². The topological polar surface area (TPSA) is 51.2 Å². The summed E-state index contributed by atoms with van der Waals surface area (Å²) in [5, 5.41) is 3.48. The van der Waals surface area contributed by atoms with Crippen LogP contribution >= 0.6 is 24.0 Å². The number of piperazine rings is 1. The number of hydrogen-bond acceptors (Lipinski definition) is 3. The molecule has 184 valence electrons. The summed E-state index contributed by atoms with van der Waals surface area (Å²) < 4.78 is 0. The lowest BCUT2D eigenvalue weighted by molar-refractivity contribution is -0.128. The largest absolute Gasteiger partial charge is 0.357 e. The summed E-state index contributed by atoms with van der Waals surface area (Å²) in [5.41, 5.74) is 5.09. The normalized spacial score (nSPS) is 17.1. The number of guanidine groups is 1. The van der Waals surface area contributed by atoms with Crippen molar-refractivity contribution < 1.29 is 4.79 Å². The first-order valence-electron chi connectivity index (χ1n) is 12.3. The molecule has 1 amide bonds. The van der Waals surface area contributed by atoms with Crippen molar-refractivity contribution in [1.29, 1.82) is 0 Å². The van der Waals surface area contributed by atoms with Gasteiger partial charge < -0.3 is 15.1 Å². The Hall–Kier alpha value is -2.13. The molecule has 2 aliphatic rings. The maximum Gasteiger partial charge on any atom is 0.222 e. The van der Waals surface area contributed by atoms with Gasteiger partial charge in [-0.15, -0.1) is 24.0 Å². The molecule has 2 fully saturated rings. The highest BCUT2D eigenvalue weighted by molar-refractivity contribution is 14.0. The van der Waals surface area contributed by atoms with Crippen LogP contribution in [0.2, 0.25) is 0 Å². The lowest BCUT2D eigenvalue weighted by Crippen LogP contribution is -2.52. The Morgan fingerprint density at radius 3 is 2.32 bits per heavy atom. The van der Waals surface area contributed by atoms with Crippen LogP contribution in [0.25, 0.3) is 0 Å². The fraction of sp³-hybridized carbons (Fsp3) is 0.481. The molecule has 4 rings (SSSR count). The maximum absolute atomic E-state index is 12.0. The standard InChI is InChI=1S/C27H37N5O.HI/c1-3-28-27(31-15-13-30(14-16-31)20-24-9-4-7-22(2)17-24)29-19-23-8-5-10-25(18-23)21-32-12-6-11-26(32)33;/h4-5,7-10,17-18H,3,6,11-16,19-21H2,1-2H3,(H,28,29);1H. The van der Waals surface area contributed by atoms with Gasteiger partial charge in [0.2, 0.25) is 5.91 Å². The Morgan fingerprint density at radius 1 is 0.941 bits per heavy atom. The summed E-state index contributed by atoms with van der Waals surface area (Å²) in [6.07, 6.45) is 1.67. The van der Waals surface area contributed by atoms with Crippen molar-refractivity contribution in [2.75, 3.05) is 39.3 Å². The second-order valence-corrected chi connectivity index (χ2v) is 9.16. The molecule has 2 saturated heterocycles. The van der Waals surface area contributed by atoms with Gasteiger partial charge >= 0.3 is 0 Å². The molecule has 2 heterocycles. The van der Waals surface area contributed by atoms with Crippen LogP contribution in [-0.4, -0.2) is 65.8 Å². The van der Waals surface area contributed by atoms with Gasteiger partial charge in [0.1, 0.15) is 0 Å². The second-order valence-electron chi connectivity index (χ2n) is 9.16. The summed E-state index contributed by atoms with van der Waals surface area (Å²) >= 11 is 0. The number of amides is 1. The van der Waals surface area contributed by atoms with Crippen LogP contribution in [0.15, 0.2) is 53.5 Å². The number of aliphatic imine (C=N–C) groups is 1. The highest BCUT2D eigenvalue weighted by Gasteiger charge is 2.21. The van der Waals surface area contributed by atoms with Crippen LogP contribution in [0.1, 0.15) is 42.0 Å². The molecule has 34 heavy (non-hydrogen) atoms. The zero-order chi connectivity index (χ0) is 23.0. The molecule has 2 aliphatic heterocycles. The van der Waals surface area contributed by atoms with E-state index in [4.69, 9.17) is 4.99 Å². The first-order chi connectivity index (χ1) is 16.1. The summed E-state index contributed by atoms with van der Waals surface area (Å²) in [6.45, 7) is 12.4. The third kappa shape index (κ3) is 7.43. The molecular weight excluding hydrogens is 537 g/mol. The van der Waals surface area contributed by atoms with E-state index in [-0.39, 0.29) is 29.9 Å². The molecule has 7 heteroatoms. The number of halogens is 1. The SMILES string of the molecule is CCNC(=NCc1cccc(CN2CCCC2=O)c1)N1CCN(Cc2cccc(C)c2)CC1.I. The quantitative estimate of drug-likeness (QED) is 0.308. The van der Waals surface area contributed by atoms with Crippen molar-refractivity contribution in [3.05, 3.63) is 70.8 Å². The van der Waals surface area contributed by atoms with Gasteiger partial charge in [-0.3, -0.25) is 9.69 Å². The van der Waals surface area contributed by atoms with E-state index in [1.165, 1.54) is 22.3 Å². The van der Waals surface area contributed by atoms with Gasteiger partial charge in [0.05, 0.1) is 6.54 Å². The van der Waals surface area contributed by atoms with E-state index in [0.29, 0.717) is 19.5 Å². The van der Waals surface area contributed by atoms with Gasteiger partial charge in [-0.2, -0.15) is 0 Å². The highest BCUT2D eigenvalue weighted by Crippen LogP contribution is 2.16. The molecule has 0 bridgehead atoms. The fourth-order valence-electron chi connectivity index (χ4n) is 4.70. The molecule has 0 spiro atoms. The third-order valence-electron chi connectivity index (χ3n) is 6.44. The van der Waals surface area contributed by atoms with Crippen LogP contribution in [0.5, 0.6) is 0 Å². The lowest BCUT2D eigenvalue weighted by atomic mass is 10.1. The Kier molecular flexibility index (Phi) is 10.2. The van der Waals surface area contributed by atoms with E-state index in [1.54, 1.807) is 0 Å². The Balaban J connectivity index is 0.00000324. The highest BCUT2D eigenvalue weighted by atomic mass is 127. The number of nitrogens with zero attached hydrogens (tertiary/aromatic N) is 4. The van der Waals surface area contributed by atoms with Crippen LogP contribution in [0.3, 0.4) is 0 Å². The number of rotatable bonds is 7. The second kappa shape index (κ2) is 13.1. The average molecular weight is 576 g/mol. The van der Waals surface area contributed by atoms with Crippen LogP contribution < -0.4 is 5.32 Å². The molecule has 0 aliphatic carbocycles. The van der Waals surface area contributed by atoms with E-state index in [9.17, 15) is 4.79 Å². The Morgan fingerprint density at radius 2 is 1.65 bits per heavy atom. The average Bonchev–Trinajstić information content (AvgIpc) is 3.22. The van der Waals surface area contributed by atoms with Gasteiger partial charge in [0.15, 0.2) is 5.96 Å². The monoisotopic (exact) mass is 575 g/mol. The van der Waals surface area contributed by atoms with Crippen molar-refractivity contribution in [2.45, 2.75) is 46.3 Å². The smallest absolute Gasteiger partial charge is 0.222 e. The van der Waals surface area contributed by atoms with E-state index < -0.39 is 0 Å². The summed E-state index contributed by atoms with van der Waals surface area (Å²) in [6, 6.07) is 17.3. The Labute approximate surface area is 221 Å². The molecule has 2 aromatic rings. The molecule has 0 unspecified atom stereocenters. The molecule has 0 atom stereocenters. The number of nitrogens with one attached hydrogen (secondary N) is 1. The van der Waals surface area contributed by atoms with Gasteiger partial charge in [-0.25, -0.2) is 4.99 Å². The minimum absolute atomic E-state index is 0. The van der Waals surface area contributed by atoms with Crippen LogP contribution in [0, 0.1) is 6.92 Å². The first kappa shape index (κ1) is 26.5. The molecule has 0 saturated carbocycles. The lowest BCUT2D eigenvalue weighted by Gasteiger charge is -2.36. The number of likely N-dealkylation sites (tertiary alicyclic amines) is 1. The van der Waals surface area contributed by atoms with E-state index in [0.717, 1.165) is 58.2 Å². The maximum atomic E-state index is 12.0. The van der Waals surface area contributed by atoms with Gasteiger partial charge in [-0.05, 0) is 37.0 Å². The van der Waals surface area contributed by atoms with Crippen molar-refractivity contribution in [2.24, 2.45) is 4.99 Å². The molecule has 2 aromatic carbocycles. The van der Waals surface area contributed by atoms with E-state index in [2.05, 4.69) is 77.5 Å². The van der Waals surface area contributed by atoms with Crippen LogP contribution in [-0.2, 0) is 24.4 Å². The fourth-order valence-corrected chi connectivity index (χ4v) is 4.70. The number of aryl methyl sites for hydroxylation is 1. The number of carbonyl (C=O) groups excluding carboxylic acids is 1. The van der Waals surface area contributed by atoms with E-state index in [1.807, 2.05) is 4.90 Å². The zero-order valence-corrected chi connectivity index (χ0v) is 22.8. The number of benzene rings is 2. The van der Waals surface area contributed by atoms with Gasteiger partial charge in [0.25, 0.3) is 0 Å². The van der Waals surface area contributed by atoms with Crippen molar-refractivity contribution in [3.63, 3.8) is 0 Å². The number of carbonyl (C=O) groups is 1. The summed E-state index contributed by atoms with van der Waals surface area (Å²) in [4.78, 5) is 23.8. The molecule has 1 N–H and O–H groups in total. The molecule has 6 nitrogen and oxygen atoms in total. The van der Waals surface area contributed by atoms with Gasteiger partial charge in [-0.1, -0.05) is 54.1 Å². The predicted octanol–water partition coefficient (Wildman–Crippen LogP) is 4.02. The number of hydrogen-bond donors (Lipinski definition) is 1. The molecule has 0 aromatic heterocycles. The van der Waals surface area contributed by atoms with Crippen molar-refractivity contribution in [1.82, 2.24) is 20.0 Å². The summed E-state index contributed by atoms with van der Waals surface area (Å²) in [5.74, 6) is 1.27. The van der Waals surface area contributed by atoms with Gasteiger partial charge in [0, 0.05) is 58.8 Å².